The predicted octanol–water partition coefficient (Wildman–Crippen LogP) is 10.3. The molecule has 0 saturated carbocycles. The van der Waals surface area contributed by atoms with Gasteiger partial charge in [-0.3, -0.25) is 9.59 Å². The van der Waals surface area contributed by atoms with Crippen molar-refractivity contribution in [3.63, 3.8) is 0 Å². The summed E-state index contributed by atoms with van der Waals surface area (Å²) >= 11 is 0. The van der Waals surface area contributed by atoms with E-state index in [1.165, 1.54) is 154 Å². The Labute approximate surface area is 265 Å². The van der Waals surface area contributed by atoms with Gasteiger partial charge in [-0.15, -0.1) is 0 Å². The van der Waals surface area contributed by atoms with E-state index in [4.69, 9.17) is 20.1 Å². The van der Waals surface area contributed by atoms with Crippen molar-refractivity contribution in [2.75, 3.05) is 13.1 Å². The summed E-state index contributed by atoms with van der Waals surface area (Å²) < 4.78 is 31.7. The van der Waals surface area contributed by atoms with Crippen LogP contribution in [-0.4, -0.2) is 52.5 Å². The number of unbranched alkanes of at least 4 members (excludes halogenated alkanes) is 24. The number of rotatable bonds is 32. The van der Waals surface area contributed by atoms with E-state index in [1.54, 1.807) is 0 Å². The molecule has 0 radical (unpaired) electrons. The summed E-state index contributed by atoms with van der Waals surface area (Å²) in [6.45, 7) is 2.37. The van der Waals surface area contributed by atoms with E-state index in [-0.39, 0.29) is 0 Å². The Morgan fingerprint density at radius 3 is 0.750 bits per heavy atom. The van der Waals surface area contributed by atoms with E-state index in [1.807, 2.05) is 0 Å². The van der Waals surface area contributed by atoms with E-state index in [9.17, 15) is 22.8 Å². The molecule has 44 heavy (non-hydrogen) atoms. The van der Waals surface area contributed by atoms with Gasteiger partial charge in [0.1, 0.15) is 0 Å². The van der Waals surface area contributed by atoms with E-state index < -0.39 is 24.1 Å². The maximum Gasteiger partial charge on any atom is 0.490 e. The topological polar surface area (TPSA) is 124 Å². The molecule has 0 bridgehead atoms. The zero-order valence-corrected chi connectivity index (χ0v) is 27.4. The van der Waals surface area contributed by atoms with Gasteiger partial charge in [0, 0.05) is 12.8 Å². The van der Waals surface area contributed by atoms with Gasteiger partial charge in [0.2, 0.25) is 0 Å². The van der Waals surface area contributed by atoms with Gasteiger partial charge in [0.25, 0.3) is 0 Å². The van der Waals surface area contributed by atoms with Gasteiger partial charge in [0.05, 0.1) is 0 Å². The Hall–Kier alpha value is -1.84. The maximum atomic E-state index is 10.6. The van der Waals surface area contributed by atoms with Crippen LogP contribution in [0.5, 0.6) is 0 Å². The lowest BCUT2D eigenvalue weighted by molar-refractivity contribution is -0.192. The molecule has 0 aromatic heterocycles. The summed E-state index contributed by atoms with van der Waals surface area (Å²) in [5.41, 5.74) is 0. The minimum atomic E-state index is -5.08. The van der Waals surface area contributed by atoms with Crippen LogP contribution in [0.3, 0.4) is 0 Å². The van der Waals surface area contributed by atoms with Crippen molar-refractivity contribution in [2.24, 2.45) is 0 Å². The standard InChI is InChI=1S/C32H63NO4.C2HF3O2/c34-31(35)27-23-19-15-11-7-3-1-5-9-13-17-21-25-29-33-30-26-22-18-14-10-6-2-4-8-12-16-20-24-28-32(36)37;3-2(4,5)1(6)7/h33H,1-30H2,(H,34,35)(H,36,37);(H,6,7). The first kappa shape index (κ1) is 44.3. The van der Waals surface area contributed by atoms with Crippen molar-refractivity contribution in [1.82, 2.24) is 5.32 Å². The monoisotopic (exact) mass is 639 g/mol. The second kappa shape index (κ2) is 34.0. The molecule has 10 heteroatoms. The number of nitrogens with one attached hydrogen (secondary N) is 1. The molecule has 0 saturated heterocycles. The molecule has 262 valence electrons. The van der Waals surface area contributed by atoms with E-state index in [0.29, 0.717) is 12.8 Å². The van der Waals surface area contributed by atoms with Gasteiger partial charge in [0.15, 0.2) is 0 Å². The van der Waals surface area contributed by atoms with Crippen LogP contribution >= 0.6 is 0 Å². The van der Waals surface area contributed by atoms with E-state index in [2.05, 4.69) is 5.32 Å². The molecule has 7 nitrogen and oxygen atoms in total. The first-order chi connectivity index (χ1) is 21.1. The van der Waals surface area contributed by atoms with Crippen LogP contribution in [0.25, 0.3) is 0 Å². The molecule has 0 heterocycles. The van der Waals surface area contributed by atoms with E-state index in [0.717, 1.165) is 25.7 Å². The van der Waals surface area contributed by atoms with Crippen LogP contribution in [0, 0.1) is 0 Å². The lowest BCUT2D eigenvalue weighted by Crippen LogP contribution is -2.21. The first-order valence-corrected chi connectivity index (χ1v) is 17.5. The van der Waals surface area contributed by atoms with Crippen molar-refractivity contribution in [1.29, 1.82) is 0 Å². The molecule has 0 spiro atoms. The highest BCUT2D eigenvalue weighted by atomic mass is 19.4. The summed E-state index contributed by atoms with van der Waals surface area (Å²) in [5.74, 6) is -4.08. The molecule has 0 atom stereocenters. The number of halogens is 3. The molecule has 0 rings (SSSR count). The van der Waals surface area contributed by atoms with Crippen LogP contribution in [0.4, 0.5) is 13.2 Å². The van der Waals surface area contributed by atoms with Crippen LogP contribution in [0.2, 0.25) is 0 Å². The molecule has 0 aliphatic carbocycles. The van der Waals surface area contributed by atoms with Gasteiger partial charge >= 0.3 is 24.1 Å². The Morgan fingerprint density at radius 2 is 0.568 bits per heavy atom. The molecular weight excluding hydrogens is 575 g/mol. The van der Waals surface area contributed by atoms with Crippen LogP contribution in [-0.2, 0) is 14.4 Å². The molecule has 0 aromatic carbocycles. The molecule has 0 unspecified atom stereocenters. The number of carboxylic acids is 3. The molecule has 4 N–H and O–H groups in total. The zero-order valence-electron chi connectivity index (χ0n) is 27.4. The van der Waals surface area contributed by atoms with Crippen molar-refractivity contribution in [2.45, 2.75) is 186 Å². The quantitative estimate of drug-likeness (QED) is 0.0540. The Balaban J connectivity index is 0. The number of aliphatic carboxylic acids is 3. The highest BCUT2D eigenvalue weighted by Crippen LogP contribution is 2.15. The summed E-state index contributed by atoms with van der Waals surface area (Å²) in [6.07, 6.45) is 28.9. The van der Waals surface area contributed by atoms with Crippen molar-refractivity contribution >= 4 is 17.9 Å². The summed E-state index contributed by atoms with van der Waals surface area (Å²) in [4.78, 5) is 29.8. The highest BCUT2D eigenvalue weighted by Gasteiger charge is 2.38. The molecule has 0 aromatic rings. The van der Waals surface area contributed by atoms with Crippen LogP contribution < -0.4 is 5.32 Å². The minimum Gasteiger partial charge on any atom is -0.481 e. The normalized spacial score (nSPS) is 11.2. The zero-order chi connectivity index (χ0) is 33.2. The Kier molecular flexibility index (Phi) is 34.3. The van der Waals surface area contributed by atoms with Crippen molar-refractivity contribution in [3.8, 4) is 0 Å². The first-order valence-electron chi connectivity index (χ1n) is 17.5. The molecule has 0 fully saturated rings. The second-order valence-corrected chi connectivity index (χ2v) is 12.0. The van der Waals surface area contributed by atoms with Gasteiger partial charge in [-0.1, -0.05) is 141 Å². The average molecular weight is 640 g/mol. The number of alkyl halides is 3. The van der Waals surface area contributed by atoms with Gasteiger partial charge in [-0.25, -0.2) is 4.79 Å². The molecule has 0 aliphatic heterocycles. The Bertz CT molecular complexity index is 619. The number of hydrogen-bond donors (Lipinski definition) is 4. The van der Waals surface area contributed by atoms with E-state index >= 15 is 0 Å². The predicted molar refractivity (Wildman–Crippen MR) is 171 cm³/mol. The number of carbonyl (C=O) groups is 3. The van der Waals surface area contributed by atoms with Gasteiger partial charge < -0.3 is 20.6 Å². The van der Waals surface area contributed by atoms with Crippen LogP contribution in [0.1, 0.15) is 180 Å². The lowest BCUT2D eigenvalue weighted by atomic mass is 10.0. The lowest BCUT2D eigenvalue weighted by Gasteiger charge is -2.06. The summed E-state index contributed by atoms with van der Waals surface area (Å²) in [6, 6.07) is 0. The minimum absolute atomic E-state index is 0.334. The maximum absolute atomic E-state index is 10.6. The molecule has 0 amide bonds. The SMILES string of the molecule is O=C(O)C(F)(F)F.O=C(O)CCCCCCCCCCCCCCCNCCCCCCCCCCCCCCCC(=O)O. The molecule has 0 aliphatic rings. The fraction of sp³-hybridized carbons (Fsp3) is 0.912. The van der Waals surface area contributed by atoms with Crippen molar-refractivity contribution < 1.29 is 42.9 Å². The smallest absolute Gasteiger partial charge is 0.481 e. The Morgan fingerprint density at radius 1 is 0.386 bits per heavy atom. The summed E-state index contributed by atoms with van der Waals surface area (Å²) in [5, 5.41) is 28.0. The fourth-order valence-corrected chi connectivity index (χ4v) is 5.07. The highest BCUT2D eigenvalue weighted by molar-refractivity contribution is 5.73. The molecular formula is C34H64F3NO6. The third-order valence-corrected chi connectivity index (χ3v) is 7.73. The number of carboxylic acid groups (broad SMARTS) is 3. The number of hydrogen-bond acceptors (Lipinski definition) is 4. The van der Waals surface area contributed by atoms with Gasteiger partial charge in [-0.05, 0) is 38.8 Å². The second-order valence-electron chi connectivity index (χ2n) is 12.0. The average Bonchev–Trinajstić information content (AvgIpc) is 2.95. The third-order valence-electron chi connectivity index (χ3n) is 7.73. The third kappa shape index (κ3) is 42.3. The fourth-order valence-electron chi connectivity index (χ4n) is 5.07. The largest absolute Gasteiger partial charge is 0.490 e. The van der Waals surface area contributed by atoms with Crippen molar-refractivity contribution in [3.05, 3.63) is 0 Å². The van der Waals surface area contributed by atoms with Gasteiger partial charge in [-0.2, -0.15) is 13.2 Å². The summed E-state index contributed by atoms with van der Waals surface area (Å²) in [7, 11) is 0. The van der Waals surface area contributed by atoms with Crippen LogP contribution in [0.15, 0.2) is 0 Å².